The molecule has 1 aliphatic heterocycles. The third-order valence-corrected chi connectivity index (χ3v) is 4.77. The highest BCUT2D eigenvalue weighted by Gasteiger charge is 2.44. The fraction of sp³-hybridized carbons (Fsp3) is 0.304. The van der Waals surface area contributed by atoms with Crippen LogP contribution in [0.15, 0.2) is 48.5 Å². The Hall–Kier alpha value is -3.52. The van der Waals surface area contributed by atoms with Gasteiger partial charge in [-0.15, -0.1) is 0 Å². The summed E-state index contributed by atoms with van der Waals surface area (Å²) in [6, 6.07) is 12.9. The summed E-state index contributed by atoms with van der Waals surface area (Å²) < 4.78 is 10.4. The lowest BCUT2D eigenvalue weighted by molar-refractivity contribution is -0.121. The SMILES string of the molecule is CCOC(=O)c1ccc(NC(=O)COCC(C)(C)N2C(=O)c3ccccc3C2=O)cc1. The van der Waals surface area contributed by atoms with E-state index in [0.29, 0.717) is 22.4 Å². The number of amides is 3. The lowest BCUT2D eigenvalue weighted by Crippen LogP contribution is -2.50. The molecule has 1 heterocycles. The fourth-order valence-corrected chi connectivity index (χ4v) is 3.30. The summed E-state index contributed by atoms with van der Waals surface area (Å²) in [6.07, 6.45) is 0. The van der Waals surface area contributed by atoms with Gasteiger partial charge < -0.3 is 14.8 Å². The number of nitrogens with one attached hydrogen (secondary N) is 1. The van der Waals surface area contributed by atoms with E-state index < -0.39 is 17.4 Å². The van der Waals surface area contributed by atoms with Crippen molar-refractivity contribution >= 4 is 29.4 Å². The second-order valence-electron chi connectivity index (χ2n) is 7.64. The molecular formula is C23H24N2O6. The number of anilines is 1. The van der Waals surface area contributed by atoms with Gasteiger partial charge in [-0.2, -0.15) is 0 Å². The van der Waals surface area contributed by atoms with Gasteiger partial charge in [-0.25, -0.2) is 4.79 Å². The number of rotatable bonds is 8. The molecule has 0 saturated heterocycles. The maximum atomic E-state index is 12.6. The number of carbonyl (C=O) groups is 4. The zero-order chi connectivity index (χ0) is 22.6. The van der Waals surface area contributed by atoms with Crippen LogP contribution in [-0.2, 0) is 14.3 Å². The second kappa shape index (κ2) is 9.09. The summed E-state index contributed by atoms with van der Waals surface area (Å²) in [5, 5.41) is 2.66. The van der Waals surface area contributed by atoms with E-state index in [0.717, 1.165) is 0 Å². The molecule has 0 fully saturated rings. The van der Waals surface area contributed by atoms with Crippen LogP contribution in [0, 0.1) is 0 Å². The lowest BCUT2D eigenvalue weighted by atomic mass is 10.0. The minimum Gasteiger partial charge on any atom is -0.462 e. The molecule has 162 valence electrons. The van der Waals surface area contributed by atoms with Crippen molar-refractivity contribution in [2.45, 2.75) is 26.3 Å². The van der Waals surface area contributed by atoms with Crippen molar-refractivity contribution < 1.29 is 28.7 Å². The molecule has 0 aliphatic carbocycles. The summed E-state index contributed by atoms with van der Waals surface area (Å²) in [5.74, 6) is -1.58. The van der Waals surface area contributed by atoms with Crippen LogP contribution in [0.25, 0.3) is 0 Å². The van der Waals surface area contributed by atoms with Crippen LogP contribution in [0.5, 0.6) is 0 Å². The Morgan fingerprint density at radius 3 is 2.10 bits per heavy atom. The Bertz CT molecular complexity index is 978. The molecular weight excluding hydrogens is 400 g/mol. The first kappa shape index (κ1) is 22.2. The van der Waals surface area contributed by atoms with Gasteiger partial charge in [-0.1, -0.05) is 12.1 Å². The molecule has 0 aromatic heterocycles. The van der Waals surface area contributed by atoms with Crippen LogP contribution in [0.2, 0.25) is 0 Å². The van der Waals surface area contributed by atoms with Gasteiger partial charge >= 0.3 is 5.97 Å². The summed E-state index contributed by atoms with van der Waals surface area (Å²) >= 11 is 0. The van der Waals surface area contributed by atoms with Crippen LogP contribution in [0.1, 0.15) is 51.8 Å². The first-order valence-electron chi connectivity index (χ1n) is 9.87. The molecule has 0 spiro atoms. The molecule has 0 atom stereocenters. The van der Waals surface area contributed by atoms with E-state index in [1.165, 1.54) is 4.90 Å². The van der Waals surface area contributed by atoms with Gasteiger partial charge in [0.25, 0.3) is 11.8 Å². The number of carbonyl (C=O) groups excluding carboxylic acids is 4. The van der Waals surface area contributed by atoms with E-state index >= 15 is 0 Å². The molecule has 1 N–H and O–H groups in total. The molecule has 8 heteroatoms. The molecule has 0 bridgehead atoms. The molecule has 0 radical (unpaired) electrons. The molecule has 2 aromatic rings. The van der Waals surface area contributed by atoms with E-state index in [4.69, 9.17) is 9.47 Å². The first-order chi connectivity index (χ1) is 14.7. The Kier molecular flexibility index (Phi) is 6.50. The number of hydrogen-bond acceptors (Lipinski definition) is 6. The van der Waals surface area contributed by atoms with E-state index in [1.54, 1.807) is 69.3 Å². The number of esters is 1. The van der Waals surface area contributed by atoms with Crippen molar-refractivity contribution in [3.63, 3.8) is 0 Å². The molecule has 8 nitrogen and oxygen atoms in total. The maximum Gasteiger partial charge on any atom is 0.338 e. The second-order valence-corrected chi connectivity index (χ2v) is 7.64. The smallest absolute Gasteiger partial charge is 0.338 e. The number of fused-ring (bicyclic) bond motifs is 1. The van der Waals surface area contributed by atoms with E-state index in [1.807, 2.05) is 0 Å². The zero-order valence-electron chi connectivity index (χ0n) is 17.6. The third-order valence-electron chi connectivity index (χ3n) is 4.77. The van der Waals surface area contributed by atoms with Gasteiger partial charge in [0.1, 0.15) is 6.61 Å². The lowest BCUT2D eigenvalue weighted by Gasteiger charge is -2.33. The monoisotopic (exact) mass is 424 g/mol. The van der Waals surface area contributed by atoms with Crippen LogP contribution >= 0.6 is 0 Å². The largest absolute Gasteiger partial charge is 0.462 e. The van der Waals surface area contributed by atoms with Crippen LogP contribution in [0.4, 0.5) is 5.69 Å². The van der Waals surface area contributed by atoms with E-state index in [2.05, 4.69) is 5.32 Å². The van der Waals surface area contributed by atoms with E-state index in [-0.39, 0.29) is 31.6 Å². The minimum atomic E-state index is -0.936. The van der Waals surface area contributed by atoms with Crippen molar-refractivity contribution in [2.75, 3.05) is 25.1 Å². The van der Waals surface area contributed by atoms with Crippen molar-refractivity contribution in [2.24, 2.45) is 0 Å². The fourth-order valence-electron chi connectivity index (χ4n) is 3.30. The highest BCUT2D eigenvalue weighted by Crippen LogP contribution is 2.29. The summed E-state index contributed by atoms with van der Waals surface area (Å²) in [6.45, 7) is 5.16. The number of imide groups is 1. The summed E-state index contributed by atoms with van der Waals surface area (Å²) in [4.78, 5) is 50.3. The van der Waals surface area contributed by atoms with Crippen molar-refractivity contribution in [1.29, 1.82) is 0 Å². The van der Waals surface area contributed by atoms with Gasteiger partial charge in [0.2, 0.25) is 5.91 Å². The Labute approximate surface area is 180 Å². The van der Waals surface area contributed by atoms with Gasteiger partial charge in [-0.05, 0) is 57.2 Å². The number of nitrogens with zero attached hydrogens (tertiary/aromatic N) is 1. The Morgan fingerprint density at radius 2 is 1.55 bits per heavy atom. The van der Waals surface area contributed by atoms with Crippen LogP contribution in [0.3, 0.4) is 0 Å². The zero-order valence-corrected chi connectivity index (χ0v) is 17.6. The number of benzene rings is 2. The molecule has 2 aromatic carbocycles. The van der Waals surface area contributed by atoms with Crippen LogP contribution in [-0.4, -0.2) is 54.0 Å². The Balaban J connectivity index is 1.53. The highest BCUT2D eigenvalue weighted by molar-refractivity contribution is 6.21. The third kappa shape index (κ3) is 4.80. The molecule has 3 amide bonds. The van der Waals surface area contributed by atoms with E-state index in [9.17, 15) is 19.2 Å². The average molecular weight is 424 g/mol. The molecule has 31 heavy (non-hydrogen) atoms. The number of hydrogen-bond donors (Lipinski definition) is 1. The predicted octanol–water partition coefficient (Wildman–Crippen LogP) is 2.89. The molecule has 0 unspecified atom stereocenters. The maximum absolute atomic E-state index is 12.6. The Morgan fingerprint density at radius 1 is 0.968 bits per heavy atom. The van der Waals surface area contributed by atoms with Crippen molar-refractivity contribution in [3.8, 4) is 0 Å². The number of ether oxygens (including phenoxy) is 2. The van der Waals surface area contributed by atoms with Crippen molar-refractivity contribution in [3.05, 3.63) is 65.2 Å². The quantitative estimate of drug-likeness (QED) is 0.516. The standard InChI is InChI=1S/C23H24N2O6/c1-4-31-22(29)15-9-11-16(12-10-15)24-19(26)13-30-14-23(2,3)25-20(27)17-7-5-6-8-18(17)21(25)28/h5-12H,4,13-14H2,1-3H3,(H,24,26). The molecule has 3 rings (SSSR count). The summed E-state index contributed by atoms with van der Waals surface area (Å²) in [5.41, 5.74) is 0.684. The molecule has 0 saturated carbocycles. The first-order valence-corrected chi connectivity index (χ1v) is 9.87. The van der Waals surface area contributed by atoms with Crippen molar-refractivity contribution in [1.82, 2.24) is 4.90 Å². The topological polar surface area (TPSA) is 102 Å². The minimum absolute atomic E-state index is 0.00627. The molecule has 1 aliphatic rings. The highest BCUT2D eigenvalue weighted by atomic mass is 16.5. The van der Waals surface area contributed by atoms with Gasteiger partial charge in [0, 0.05) is 5.69 Å². The van der Waals surface area contributed by atoms with Crippen LogP contribution < -0.4 is 5.32 Å². The normalized spacial score (nSPS) is 13.2. The average Bonchev–Trinajstić information content (AvgIpc) is 3.00. The summed E-state index contributed by atoms with van der Waals surface area (Å²) in [7, 11) is 0. The van der Waals surface area contributed by atoms with Gasteiger partial charge in [0.15, 0.2) is 0 Å². The predicted molar refractivity (Wildman–Crippen MR) is 113 cm³/mol. The van der Waals surface area contributed by atoms with Gasteiger partial charge in [-0.3, -0.25) is 19.3 Å². The van der Waals surface area contributed by atoms with Gasteiger partial charge in [0.05, 0.1) is 35.4 Å².